The van der Waals surface area contributed by atoms with Crippen LogP contribution in [0.3, 0.4) is 0 Å². The van der Waals surface area contributed by atoms with Crippen molar-refractivity contribution in [3.63, 3.8) is 0 Å². The van der Waals surface area contributed by atoms with E-state index in [0.29, 0.717) is 13.0 Å². The smallest absolute Gasteiger partial charge is 0.154 e. The number of aliphatic hydroxyl groups is 1. The predicted octanol–water partition coefficient (Wildman–Crippen LogP) is -0.430. The van der Waals surface area contributed by atoms with Crippen LogP contribution < -0.4 is 5.32 Å². The number of hydrogen-bond donors (Lipinski definition) is 2. The summed E-state index contributed by atoms with van der Waals surface area (Å²) in [5, 5.41) is 12.6. The predicted molar refractivity (Wildman–Crippen MR) is 58.9 cm³/mol. The monoisotopic (exact) mass is 245 g/mol. The van der Waals surface area contributed by atoms with E-state index in [0.717, 1.165) is 5.76 Å². The van der Waals surface area contributed by atoms with Gasteiger partial charge in [0, 0.05) is 19.0 Å². The molecule has 0 saturated carbocycles. The van der Waals surface area contributed by atoms with Crippen molar-refractivity contribution in [1.29, 1.82) is 0 Å². The molecule has 1 fully saturated rings. The minimum absolute atomic E-state index is 0.0202. The first-order chi connectivity index (χ1) is 7.57. The zero-order valence-corrected chi connectivity index (χ0v) is 9.61. The van der Waals surface area contributed by atoms with E-state index in [9.17, 15) is 13.5 Å². The van der Waals surface area contributed by atoms with E-state index in [4.69, 9.17) is 4.42 Å². The van der Waals surface area contributed by atoms with Gasteiger partial charge in [-0.05, 0) is 12.1 Å². The van der Waals surface area contributed by atoms with Gasteiger partial charge in [0.05, 0.1) is 23.9 Å². The molecule has 0 aliphatic carbocycles. The van der Waals surface area contributed by atoms with Crippen molar-refractivity contribution >= 4 is 9.84 Å². The average Bonchev–Trinajstić information content (AvgIpc) is 2.75. The Balaban J connectivity index is 1.79. The van der Waals surface area contributed by atoms with Crippen LogP contribution in [0.15, 0.2) is 22.8 Å². The molecule has 1 aromatic heterocycles. The lowest BCUT2D eigenvalue weighted by atomic mass is 10.2. The minimum atomic E-state index is -3.06. The van der Waals surface area contributed by atoms with Crippen LogP contribution in [0.5, 0.6) is 0 Å². The SMILES string of the molecule is O=S1(=O)C[C@@H](O)[C@H](NCCc2ccco2)C1. The van der Waals surface area contributed by atoms with Crippen LogP contribution in [0.1, 0.15) is 5.76 Å². The maximum Gasteiger partial charge on any atom is 0.154 e. The van der Waals surface area contributed by atoms with Gasteiger partial charge in [-0.15, -0.1) is 0 Å². The molecule has 2 rings (SSSR count). The van der Waals surface area contributed by atoms with Crippen LogP contribution in [0, 0.1) is 0 Å². The summed E-state index contributed by atoms with van der Waals surface area (Å²) in [4.78, 5) is 0. The molecule has 0 aromatic carbocycles. The van der Waals surface area contributed by atoms with Crippen molar-refractivity contribution < 1.29 is 17.9 Å². The zero-order valence-electron chi connectivity index (χ0n) is 8.80. The number of furan rings is 1. The molecule has 16 heavy (non-hydrogen) atoms. The lowest BCUT2D eigenvalue weighted by molar-refractivity contribution is 0.166. The normalized spacial score (nSPS) is 28.3. The number of rotatable bonds is 4. The fourth-order valence-corrected chi connectivity index (χ4v) is 3.64. The molecular weight excluding hydrogens is 230 g/mol. The standard InChI is InChI=1S/C10H15NO4S/c12-10-7-16(13,14)6-9(10)11-4-3-8-2-1-5-15-8/h1-2,5,9-12H,3-4,6-7H2/t9-,10-/m1/s1. The molecule has 1 saturated heterocycles. The van der Waals surface area contributed by atoms with Crippen molar-refractivity contribution in [3.8, 4) is 0 Å². The highest BCUT2D eigenvalue weighted by Gasteiger charge is 2.35. The highest BCUT2D eigenvalue weighted by Crippen LogP contribution is 2.12. The van der Waals surface area contributed by atoms with Gasteiger partial charge < -0.3 is 14.8 Å². The van der Waals surface area contributed by atoms with Gasteiger partial charge in [-0.3, -0.25) is 0 Å². The molecule has 1 aromatic rings. The highest BCUT2D eigenvalue weighted by molar-refractivity contribution is 7.91. The lowest BCUT2D eigenvalue weighted by Gasteiger charge is -2.13. The van der Waals surface area contributed by atoms with Crippen LogP contribution in [0.2, 0.25) is 0 Å². The summed E-state index contributed by atoms with van der Waals surface area (Å²) in [5.41, 5.74) is 0. The Kier molecular flexibility index (Phi) is 3.32. The van der Waals surface area contributed by atoms with Gasteiger partial charge in [0.2, 0.25) is 0 Å². The summed E-state index contributed by atoms with van der Waals surface area (Å²) in [6, 6.07) is 3.33. The number of hydrogen-bond acceptors (Lipinski definition) is 5. The summed E-state index contributed by atoms with van der Waals surface area (Å²) in [6.45, 7) is 0.602. The molecule has 1 aliphatic rings. The Hall–Kier alpha value is -0.850. The topological polar surface area (TPSA) is 79.5 Å². The fraction of sp³-hybridized carbons (Fsp3) is 0.600. The van der Waals surface area contributed by atoms with Gasteiger partial charge >= 0.3 is 0 Å². The van der Waals surface area contributed by atoms with Crippen molar-refractivity contribution in [2.75, 3.05) is 18.1 Å². The average molecular weight is 245 g/mol. The van der Waals surface area contributed by atoms with Crippen LogP contribution >= 0.6 is 0 Å². The Morgan fingerprint density at radius 2 is 2.31 bits per heavy atom. The molecule has 1 aliphatic heterocycles. The molecule has 6 heteroatoms. The highest BCUT2D eigenvalue weighted by atomic mass is 32.2. The zero-order chi connectivity index (χ0) is 11.6. The van der Waals surface area contributed by atoms with Gasteiger partial charge in [-0.25, -0.2) is 8.42 Å². The molecule has 2 heterocycles. The first-order valence-corrected chi connectivity index (χ1v) is 7.03. The maximum atomic E-state index is 11.2. The van der Waals surface area contributed by atoms with Gasteiger partial charge in [0.25, 0.3) is 0 Å². The van der Waals surface area contributed by atoms with Crippen LogP contribution in [-0.2, 0) is 16.3 Å². The summed E-state index contributed by atoms with van der Waals surface area (Å²) >= 11 is 0. The fourth-order valence-electron chi connectivity index (χ4n) is 1.86. The minimum Gasteiger partial charge on any atom is -0.469 e. The van der Waals surface area contributed by atoms with Crippen molar-refractivity contribution in [2.24, 2.45) is 0 Å². The van der Waals surface area contributed by atoms with Crippen molar-refractivity contribution in [3.05, 3.63) is 24.2 Å². The maximum absolute atomic E-state index is 11.2. The van der Waals surface area contributed by atoms with Gasteiger partial charge in [0.1, 0.15) is 5.76 Å². The largest absolute Gasteiger partial charge is 0.469 e. The second kappa shape index (κ2) is 4.57. The molecule has 0 radical (unpaired) electrons. The molecule has 0 amide bonds. The molecule has 5 nitrogen and oxygen atoms in total. The Labute approximate surface area is 94.4 Å². The second-order valence-corrected chi connectivity index (χ2v) is 6.19. The molecule has 0 bridgehead atoms. The third-order valence-electron chi connectivity index (χ3n) is 2.68. The molecule has 2 atom stereocenters. The van der Waals surface area contributed by atoms with E-state index in [-0.39, 0.29) is 17.5 Å². The van der Waals surface area contributed by atoms with E-state index >= 15 is 0 Å². The quantitative estimate of drug-likeness (QED) is 0.752. The van der Waals surface area contributed by atoms with Gasteiger partial charge in [-0.1, -0.05) is 0 Å². The summed E-state index contributed by atoms with van der Waals surface area (Å²) in [5.74, 6) is 0.737. The van der Waals surface area contributed by atoms with Crippen LogP contribution in [-0.4, -0.2) is 43.7 Å². The second-order valence-electron chi connectivity index (χ2n) is 4.03. The van der Waals surface area contributed by atoms with E-state index in [1.165, 1.54) is 0 Å². The van der Waals surface area contributed by atoms with Gasteiger partial charge in [-0.2, -0.15) is 0 Å². The van der Waals surface area contributed by atoms with E-state index < -0.39 is 15.9 Å². The summed E-state index contributed by atoms with van der Waals surface area (Å²) < 4.78 is 27.6. The van der Waals surface area contributed by atoms with Crippen molar-refractivity contribution in [2.45, 2.75) is 18.6 Å². The first-order valence-electron chi connectivity index (χ1n) is 5.21. The summed E-state index contributed by atoms with van der Waals surface area (Å²) in [7, 11) is -3.06. The third-order valence-corrected chi connectivity index (χ3v) is 4.40. The van der Waals surface area contributed by atoms with E-state index in [2.05, 4.69) is 5.32 Å². The van der Waals surface area contributed by atoms with E-state index in [1.54, 1.807) is 6.26 Å². The van der Waals surface area contributed by atoms with Gasteiger partial charge in [0.15, 0.2) is 9.84 Å². The lowest BCUT2D eigenvalue weighted by Crippen LogP contribution is -2.39. The Morgan fingerprint density at radius 3 is 2.88 bits per heavy atom. The molecule has 0 unspecified atom stereocenters. The molecular formula is C10H15NO4S. The molecule has 2 N–H and O–H groups in total. The van der Waals surface area contributed by atoms with Crippen LogP contribution in [0.25, 0.3) is 0 Å². The molecule has 0 spiro atoms. The Morgan fingerprint density at radius 1 is 1.50 bits per heavy atom. The summed E-state index contributed by atoms with van der Waals surface area (Å²) in [6.07, 6.45) is 1.50. The third kappa shape index (κ3) is 2.84. The number of aliphatic hydroxyl groups excluding tert-OH is 1. The first kappa shape index (κ1) is 11.6. The number of nitrogens with one attached hydrogen (secondary N) is 1. The Bertz CT molecular complexity index is 426. The van der Waals surface area contributed by atoms with E-state index in [1.807, 2.05) is 12.1 Å². The molecule has 90 valence electrons. The van der Waals surface area contributed by atoms with Crippen molar-refractivity contribution in [1.82, 2.24) is 5.32 Å². The van der Waals surface area contributed by atoms with Crippen LogP contribution in [0.4, 0.5) is 0 Å². The number of sulfone groups is 1.